The third-order valence-electron chi connectivity index (χ3n) is 5.68. The molecule has 1 aliphatic rings. The van der Waals surface area contributed by atoms with Crippen LogP contribution in [0.5, 0.6) is 5.75 Å². The number of carbonyl (C=O) groups excluding carboxylic acids is 3. The van der Waals surface area contributed by atoms with Crippen LogP contribution in [0.2, 0.25) is 0 Å². The molecule has 1 aromatic rings. The van der Waals surface area contributed by atoms with E-state index in [1.54, 1.807) is 42.2 Å². The van der Waals surface area contributed by atoms with Crippen molar-refractivity contribution in [2.45, 2.75) is 45.9 Å². The minimum atomic E-state index is -0.319. The number of nitrogens with one attached hydrogen (secondary N) is 2. The first-order valence-corrected chi connectivity index (χ1v) is 11.5. The normalized spacial score (nSPS) is 21.8. The van der Waals surface area contributed by atoms with Gasteiger partial charge in [0.05, 0.1) is 17.7 Å². The number of likely N-dealkylation sites (N-methyl/N-ethyl adjacent to an activating group) is 1. The van der Waals surface area contributed by atoms with E-state index in [4.69, 9.17) is 14.2 Å². The summed E-state index contributed by atoms with van der Waals surface area (Å²) in [5.74, 6) is -0.244. The van der Waals surface area contributed by atoms with Crippen LogP contribution in [0.4, 0.5) is 10.5 Å². The molecule has 0 saturated carbocycles. The number of anilines is 1. The molecule has 0 spiro atoms. The maximum Gasteiger partial charge on any atom is 0.317 e. The van der Waals surface area contributed by atoms with Gasteiger partial charge in [-0.15, -0.1) is 0 Å². The molecule has 2 rings (SSSR count). The summed E-state index contributed by atoms with van der Waals surface area (Å²) in [7, 11) is 4.75. The Morgan fingerprint density at radius 3 is 2.53 bits per heavy atom. The minimum absolute atomic E-state index is 0.0155. The molecular weight excluding hydrogens is 440 g/mol. The van der Waals surface area contributed by atoms with Crippen molar-refractivity contribution < 1.29 is 28.6 Å². The van der Waals surface area contributed by atoms with Gasteiger partial charge in [-0.2, -0.15) is 0 Å². The lowest BCUT2D eigenvalue weighted by molar-refractivity contribution is -0.119. The number of amides is 4. The van der Waals surface area contributed by atoms with Crippen molar-refractivity contribution in [3.05, 3.63) is 23.8 Å². The largest absolute Gasteiger partial charge is 0.491 e. The molecule has 0 unspecified atom stereocenters. The molecule has 2 N–H and O–H groups in total. The molecule has 1 aromatic carbocycles. The summed E-state index contributed by atoms with van der Waals surface area (Å²) >= 11 is 0. The van der Waals surface area contributed by atoms with Gasteiger partial charge >= 0.3 is 6.03 Å². The first kappa shape index (κ1) is 27.4. The van der Waals surface area contributed by atoms with Gasteiger partial charge in [0.15, 0.2) is 0 Å². The number of hydrogen-bond donors (Lipinski definition) is 2. The molecule has 34 heavy (non-hydrogen) atoms. The monoisotopic (exact) mass is 478 g/mol. The number of carbonyl (C=O) groups is 3. The summed E-state index contributed by atoms with van der Waals surface area (Å²) in [5.41, 5.74) is 0.842. The van der Waals surface area contributed by atoms with E-state index in [9.17, 15) is 14.4 Å². The van der Waals surface area contributed by atoms with E-state index in [0.717, 1.165) is 0 Å². The number of nitrogens with zero attached hydrogens (tertiary/aromatic N) is 2. The van der Waals surface area contributed by atoms with Crippen LogP contribution < -0.4 is 15.4 Å². The Bertz CT molecular complexity index is 862. The highest BCUT2D eigenvalue weighted by atomic mass is 16.5. The fourth-order valence-electron chi connectivity index (χ4n) is 3.79. The Morgan fingerprint density at radius 1 is 1.21 bits per heavy atom. The molecule has 190 valence electrons. The molecule has 10 heteroatoms. The highest BCUT2D eigenvalue weighted by Gasteiger charge is 2.30. The Labute approximate surface area is 201 Å². The zero-order valence-electron chi connectivity index (χ0n) is 21.2. The second-order valence-electron chi connectivity index (χ2n) is 9.05. The Balaban J connectivity index is 2.42. The van der Waals surface area contributed by atoms with Crippen LogP contribution in [0.15, 0.2) is 18.2 Å². The van der Waals surface area contributed by atoms with Gasteiger partial charge in [-0.1, -0.05) is 6.92 Å². The smallest absolute Gasteiger partial charge is 0.317 e. The van der Waals surface area contributed by atoms with E-state index in [0.29, 0.717) is 30.1 Å². The molecule has 0 bridgehead atoms. The highest BCUT2D eigenvalue weighted by Crippen LogP contribution is 2.27. The first-order chi connectivity index (χ1) is 16.1. The summed E-state index contributed by atoms with van der Waals surface area (Å²) < 4.78 is 16.6. The minimum Gasteiger partial charge on any atom is -0.491 e. The van der Waals surface area contributed by atoms with Crippen LogP contribution in [0.1, 0.15) is 38.1 Å². The predicted octanol–water partition coefficient (Wildman–Crippen LogP) is 2.20. The van der Waals surface area contributed by atoms with Gasteiger partial charge < -0.3 is 34.6 Å². The fourth-order valence-corrected chi connectivity index (χ4v) is 3.79. The molecule has 3 atom stereocenters. The molecule has 0 aliphatic carbocycles. The summed E-state index contributed by atoms with van der Waals surface area (Å²) in [5, 5.41) is 5.68. The van der Waals surface area contributed by atoms with Gasteiger partial charge in [-0.3, -0.25) is 9.59 Å². The van der Waals surface area contributed by atoms with E-state index in [2.05, 4.69) is 10.6 Å². The summed E-state index contributed by atoms with van der Waals surface area (Å²) in [6, 6.07) is 4.40. The number of hydrogen-bond acceptors (Lipinski definition) is 6. The molecule has 1 heterocycles. The quantitative estimate of drug-likeness (QED) is 0.672. The van der Waals surface area contributed by atoms with E-state index in [-0.39, 0.29) is 55.2 Å². The molecule has 0 saturated heterocycles. The molecule has 0 fully saturated rings. The standard InChI is InChI=1S/C24H38N4O6/c1-15(2)25-24(31)28-11-16(3)21(33-7)12-27(5)23(30)19-9-8-18(26-22(29)14-32-6)10-20(19)34-13-17(28)4/h8-10,15-17,21H,11-14H2,1-7H3,(H,25,31)(H,26,29)/t16-,17-,21-/m0/s1. The van der Waals surface area contributed by atoms with Gasteiger partial charge in [0.25, 0.3) is 5.91 Å². The summed E-state index contributed by atoms with van der Waals surface area (Å²) in [6.07, 6.45) is -0.271. The Morgan fingerprint density at radius 2 is 1.91 bits per heavy atom. The van der Waals surface area contributed by atoms with E-state index >= 15 is 0 Å². The number of methoxy groups -OCH3 is 2. The first-order valence-electron chi connectivity index (χ1n) is 11.5. The van der Waals surface area contributed by atoms with Gasteiger partial charge in [0.2, 0.25) is 5.91 Å². The van der Waals surface area contributed by atoms with Crippen molar-refractivity contribution in [3.8, 4) is 5.75 Å². The van der Waals surface area contributed by atoms with Gasteiger partial charge in [-0.25, -0.2) is 4.79 Å². The lowest BCUT2D eigenvalue weighted by Crippen LogP contribution is -2.52. The number of urea groups is 1. The summed E-state index contributed by atoms with van der Waals surface area (Å²) in [6.45, 7) is 8.57. The third-order valence-corrected chi connectivity index (χ3v) is 5.68. The zero-order valence-corrected chi connectivity index (χ0v) is 21.2. The van der Waals surface area contributed by atoms with Crippen molar-refractivity contribution in [2.24, 2.45) is 5.92 Å². The molecule has 0 aromatic heterocycles. The van der Waals surface area contributed by atoms with Gasteiger partial charge in [-0.05, 0) is 32.9 Å². The topological polar surface area (TPSA) is 109 Å². The van der Waals surface area contributed by atoms with Gasteiger partial charge in [0, 0.05) is 58.1 Å². The molecular formula is C24H38N4O6. The van der Waals surface area contributed by atoms with Gasteiger partial charge in [0.1, 0.15) is 19.0 Å². The SMILES string of the molecule is COCC(=O)Nc1ccc2c(c1)OC[C@H](C)N(C(=O)NC(C)C)C[C@H](C)[C@@H](OC)CN(C)C2=O. The lowest BCUT2D eigenvalue weighted by atomic mass is 10.0. The highest BCUT2D eigenvalue weighted by molar-refractivity contribution is 5.98. The fraction of sp³-hybridized carbons (Fsp3) is 0.625. The second-order valence-corrected chi connectivity index (χ2v) is 9.05. The second kappa shape index (κ2) is 12.6. The maximum absolute atomic E-state index is 13.2. The molecule has 1 aliphatic heterocycles. The van der Waals surface area contributed by atoms with Crippen LogP contribution in [0, 0.1) is 5.92 Å². The molecule has 4 amide bonds. The number of fused-ring (bicyclic) bond motifs is 1. The average molecular weight is 479 g/mol. The maximum atomic E-state index is 13.2. The third kappa shape index (κ3) is 7.33. The van der Waals surface area contributed by atoms with Crippen LogP contribution in [-0.2, 0) is 14.3 Å². The summed E-state index contributed by atoms with van der Waals surface area (Å²) in [4.78, 5) is 41.5. The van der Waals surface area contributed by atoms with Crippen LogP contribution >= 0.6 is 0 Å². The lowest BCUT2D eigenvalue weighted by Gasteiger charge is -2.36. The van der Waals surface area contributed by atoms with Crippen LogP contribution in [-0.4, -0.2) is 93.4 Å². The molecule has 0 radical (unpaired) electrons. The van der Waals surface area contributed by atoms with E-state index < -0.39 is 0 Å². The predicted molar refractivity (Wildman–Crippen MR) is 129 cm³/mol. The number of ether oxygens (including phenoxy) is 3. The van der Waals surface area contributed by atoms with Crippen LogP contribution in [0.3, 0.4) is 0 Å². The average Bonchev–Trinajstić information content (AvgIpc) is 2.77. The van der Waals surface area contributed by atoms with Crippen molar-refractivity contribution in [3.63, 3.8) is 0 Å². The Hall–Kier alpha value is -2.85. The molecule has 10 nitrogen and oxygen atoms in total. The van der Waals surface area contributed by atoms with Crippen LogP contribution in [0.25, 0.3) is 0 Å². The van der Waals surface area contributed by atoms with E-state index in [1.807, 2.05) is 27.7 Å². The van der Waals surface area contributed by atoms with Crippen molar-refractivity contribution in [1.82, 2.24) is 15.1 Å². The van der Waals surface area contributed by atoms with Crippen molar-refractivity contribution in [1.29, 1.82) is 0 Å². The van der Waals surface area contributed by atoms with Crippen molar-refractivity contribution >= 4 is 23.5 Å². The number of benzene rings is 1. The zero-order chi connectivity index (χ0) is 25.4. The Kier molecular flexibility index (Phi) is 10.1. The number of rotatable bonds is 5. The van der Waals surface area contributed by atoms with E-state index in [1.165, 1.54) is 7.11 Å². The van der Waals surface area contributed by atoms with Crippen molar-refractivity contribution in [2.75, 3.05) is 52.9 Å².